The van der Waals surface area contributed by atoms with Crippen LogP contribution < -0.4 is 5.32 Å². The molecule has 0 aliphatic carbocycles. The van der Waals surface area contributed by atoms with Crippen molar-refractivity contribution in [3.05, 3.63) is 65.5 Å². The van der Waals surface area contributed by atoms with Crippen molar-refractivity contribution in [1.82, 2.24) is 9.62 Å². The molecular formula is C19H21FN2O4S. The molecule has 3 rings (SSSR count). The third-order valence-corrected chi connectivity index (χ3v) is 6.69. The van der Waals surface area contributed by atoms with Gasteiger partial charge < -0.3 is 10.4 Å². The number of carbonyl (C=O) groups excluding carboxylic acids is 1. The standard InChI is InChI=1S/C19H21FN2O4S/c1-22-17(11-14-10-15(20)7-8-18(14)27(22,25)26)19(24)21-16(12-23)9-13-5-3-2-4-6-13/h2-8,10,16-17,23H,9,11-12H2,1H3,(H,21,24)/t16-,17?/m0/s1. The normalized spacial score (nSPS) is 19.9. The maximum atomic E-state index is 13.5. The first-order valence-corrected chi connectivity index (χ1v) is 9.98. The molecule has 0 aromatic heterocycles. The molecule has 144 valence electrons. The number of hydrogen-bond acceptors (Lipinski definition) is 4. The van der Waals surface area contributed by atoms with E-state index in [1.54, 1.807) is 0 Å². The van der Waals surface area contributed by atoms with E-state index in [0.29, 0.717) is 6.42 Å². The Labute approximate surface area is 157 Å². The summed E-state index contributed by atoms with van der Waals surface area (Å²) in [5, 5.41) is 12.3. The molecule has 2 N–H and O–H groups in total. The van der Waals surface area contributed by atoms with Crippen molar-refractivity contribution in [3.8, 4) is 0 Å². The second-order valence-electron chi connectivity index (χ2n) is 6.57. The van der Waals surface area contributed by atoms with E-state index in [2.05, 4.69) is 5.32 Å². The lowest BCUT2D eigenvalue weighted by Gasteiger charge is -2.33. The first-order chi connectivity index (χ1) is 12.8. The molecular weight excluding hydrogens is 371 g/mol. The van der Waals surface area contributed by atoms with Gasteiger partial charge in [0.15, 0.2) is 0 Å². The molecule has 1 heterocycles. The second kappa shape index (κ2) is 7.75. The highest BCUT2D eigenvalue weighted by Gasteiger charge is 2.39. The second-order valence-corrected chi connectivity index (χ2v) is 8.54. The number of fused-ring (bicyclic) bond motifs is 1. The number of nitrogens with zero attached hydrogens (tertiary/aromatic N) is 1. The van der Waals surface area contributed by atoms with Crippen LogP contribution in [0.4, 0.5) is 4.39 Å². The van der Waals surface area contributed by atoms with Gasteiger partial charge in [-0.15, -0.1) is 0 Å². The average Bonchev–Trinajstić information content (AvgIpc) is 2.64. The van der Waals surface area contributed by atoms with Gasteiger partial charge in [-0.2, -0.15) is 4.31 Å². The fourth-order valence-corrected chi connectivity index (χ4v) is 4.76. The molecule has 0 spiro atoms. The number of nitrogens with one attached hydrogen (secondary N) is 1. The van der Waals surface area contributed by atoms with Gasteiger partial charge in [-0.25, -0.2) is 12.8 Å². The molecule has 27 heavy (non-hydrogen) atoms. The lowest BCUT2D eigenvalue weighted by Crippen LogP contribution is -2.54. The molecule has 1 aliphatic heterocycles. The molecule has 1 unspecified atom stereocenters. The molecule has 0 bridgehead atoms. The number of benzene rings is 2. The summed E-state index contributed by atoms with van der Waals surface area (Å²) in [4.78, 5) is 12.7. The minimum absolute atomic E-state index is 0.0124. The van der Waals surface area contributed by atoms with Gasteiger partial charge in [0, 0.05) is 7.05 Å². The molecule has 2 aromatic carbocycles. The smallest absolute Gasteiger partial charge is 0.243 e. The van der Waals surface area contributed by atoms with Crippen LogP contribution in [0.25, 0.3) is 0 Å². The van der Waals surface area contributed by atoms with Gasteiger partial charge in [0.25, 0.3) is 0 Å². The molecule has 8 heteroatoms. The molecule has 2 atom stereocenters. The van der Waals surface area contributed by atoms with Crippen molar-refractivity contribution in [2.24, 2.45) is 0 Å². The molecule has 1 aliphatic rings. The summed E-state index contributed by atoms with van der Waals surface area (Å²) in [7, 11) is -2.56. The van der Waals surface area contributed by atoms with Gasteiger partial charge in [0.05, 0.1) is 17.5 Å². The summed E-state index contributed by atoms with van der Waals surface area (Å²) < 4.78 is 39.8. The molecule has 1 amide bonds. The highest BCUT2D eigenvalue weighted by Crippen LogP contribution is 2.29. The Balaban J connectivity index is 1.80. The van der Waals surface area contributed by atoms with Crippen LogP contribution in [-0.2, 0) is 27.7 Å². The van der Waals surface area contributed by atoms with Crippen LogP contribution in [0.15, 0.2) is 53.4 Å². The van der Waals surface area contributed by atoms with Crippen LogP contribution >= 0.6 is 0 Å². The zero-order valence-electron chi connectivity index (χ0n) is 14.8. The Hall–Kier alpha value is -2.29. The zero-order valence-corrected chi connectivity index (χ0v) is 15.6. The predicted molar refractivity (Wildman–Crippen MR) is 98.0 cm³/mol. The summed E-state index contributed by atoms with van der Waals surface area (Å²) in [6.07, 6.45) is 0.482. The lowest BCUT2D eigenvalue weighted by atomic mass is 10.0. The van der Waals surface area contributed by atoms with Gasteiger partial charge in [-0.3, -0.25) is 4.79 Å². The number of sulfonamides is 1. The first-order valence-electron chi connectivity index (χ1n) is 8.54. The SMILES string of the molecule is CN1C(C(=O)N[C@H](CO)Cc2ccccc2)Cc2cc(F)ccc2S1(=O)=O. The number of halogens is 1. The molecule has 0 radical (unpaired) electrons. The van der Waals surface area contributed by atoms with E-state index in [9.17, 15) is 22.7 Å². The van der Waals surface area contributed by atoms with E-state index >= 15 is 0 Å². The summed E-state index contributed by atoms with van der Waals surface area (Å²) in [5.74, 6) is -1.07. The number of rotatable bonds is 5. The van der Waals surface area contributed by atoms with Crippen molar-refractivity contribution in [2.45, 2.75) is 29.8 Å². The average molecular weight is 392 g/mol. The fraction of sp³-hybridized carbons (Fsp3) is 0.316. The van der Waals surface area contributed by atoms with Crippen molar-refractivity contribution in [1.29, 1.82) is 0 Å². The van der Waals surface area contributed by atoms with Crippen molar-refractivity contribution in [3.63, 3.8) is 0 Å². The molecule has 0 saturated carbocycles. The molecule has 0 fully saturated rings. The number of aliphatic hydroxyl groups excluding tert-OH is 1. The van der Waals surface area contributed by atoms with Gasteiger partial charge in [-0.05, 0) is 42.2 Å². The third kappa shape index (κ3) is 4.02. The third-order valence-electron chi connectivity index (χ3n) is 4.73. The van der Waals surface area contributed by atoms with Crippen LogP contribution in [0.1, 0.15) is 11.1 Å². The fourth-order valence-electron chi connectivity index (χ4n) is 3.23. The van der Waals surface area contributed by atoms with Gasteiger partial charge in [0.1, 0.15) is 11.9 Å². The summed E-state index contributed by atoms with van der Waals surface area (Å²) >= 11 is 0. The monoisotopic (exact) mass is 392 g/mol. The minimum Gasteiger partial charge on any atom is -0.394 e. The Bertz CT molecular complexity index is 934. The molecule has 2 aromatic rings. The van der Waals surface area contributed by atoms with Crippen LogP contribution in [-0.4, -0.2) is 49.5 Å². The highest BCUT2D eigenvalue weighted by molar-refractivity contribution is 7.89. The van der Waals surface area contributed by atoms with Crippen LogP contribution in [0, 0.1) is 5.82 Å². The topological polar surface area (TPSA) is 86.7 Å². The summed E-state index contributed by atoms with van der Waals surface area (Å²) in [6, 6.07) is 11.2. The number of likely N-dealkylation sites (N-methyl/N-ethyl adjacent to an activating group) is 1. The number of aliphatic hydroxyl groups is 1. The highest BCUT2D eigenvalue weighted by atomic mass is 32.2. The van der Waals surface area contributed by atoms with E-state index in [0.717, 1.165) is 22.0 Å². The van der Waals surface area contributed by atoms with Crippen LogP contribution in [0.5, 0.6) is 0 Å². The van der Waals surface area contributed by atoms with Crippen LogP contribution in [0.2, 0.25) is 0 Å². The summed E-state index contributed by atoms with van der Waals surface area (Å²) in [6.45, 7) is -0.283. The number of amides is 1. The van der Waals surface area contributed by atoms with Crippen molar-refractivity contribution < 1.29 is 22.7 Å². The first kappa shape index (κ1) is 19.5. The summed E-state index contributed by atoms with van der Waals surface area (Å²) in [5.41, 5.74) is 1.21. The van der Waals surface area contributed by atoms with E-state index < -0.39 is 33.8 Å². The van der Waals surface area contributed by atoms with Crippen molar-refractivity contribution >= 4 is 15.9 Å². The number of carbonyl (C=O) groups is 1. The Morgan fingerprint density at radius 1 is 1.30 bits per heavy atom. The predicted octanol–water partition coefficient (Wildman–Crippen LogP) is 1.09. The minimum atomic E-state index is -3.89. The van der Waals surface area contributed by atoms with Gasteiger partial charge >= 0.3 is 0 Å². The van der Waals surface area contributed by atoms with Gasteiger partial charge in [-0.1, -0.05) is 30.3 Å². The van der Waals surface area contributed by atoms with Crippen LogP contribution in [0.3, 0.4) is 0 Å². The maximum absolute atomic E-state index is 13.5. The molecule has 0 saturated heterocycles. The van der Waals surface area contributed by atoms with E-state index in [4.69, 9.17) is 0 Å². The Morgan fingerprint density at radius 2 is 2.00 bits per heavy atom. The largest absolute Gasteiger partial charge is 0.394 e. The van der Waals surface area contributed by atoms with Gasteiger partial charge in [0.2, 0.25) is 15.9 Å². The maximum Gasteiger partial charge on any atom is 0.243 e. The Kier molecular flexibility index (Phi) is 5.59. The lowest BCUT2D eigenvalue weighted by molar-refractivity contribution is -0.125. The molecule has 6 nitrogen and oxygen atoms in total. The quantitative estimate of drug-likeness (QED) is 0.798. The van der Waals surface area contributed by atoms with E-state index in [1.807, 2.05) is 30.3 Å². The Morgan fingerprint density at radius 3 is 2.67 bits per heavy atom. The van der Waals surface area contributed by atoms with E-state index in [-0.39, 0.29) is 23.5 Å². The van der Waals surface area contributed by atoms with E-state index in [1.165, 1.54) is 13.1 Å². The zero-order chi connectivity index (χ0) is 19.6. The number of hydrogen-bond donors (Lipinski definition) is 2. The van der Waals surface area contributed by atoms with Crippen molar-refractivity contribution in [2.75, 3.05) is 13.7 Å².